The Labute approximate surface area is 217 Å². The normalized spacial score (nSPS) is 11.6. The molecule has 0 heterocycles. The van der Waals surface area contributed by atoms with Crippen molar-refractivity contribution in [2.24, 2.45) is 11.3 Å². The molecule has 0 bridgehead atoms. The van der Waals surface area contributed by atoms with Crippen LogP contribution in [0.3, 0.4) is 0 Å². The second-order valence-corrected chi connectivity index (χ2v) is 9.89. The minimum atomic E-state index is -0.693. The monoisotopic (exact) mass is 505 g/mol. The highest BCUT2D eigenvalue weighted by atomic mass is 16.5. The summed E-state index contributed by atoms with van der Waals surface area (Å²) in [4.78, 5) is 48.8. The van der Waals surface area contributed by atoms with E-state index < -0.39 is 11.5 Å². The third-order valence-electron chi connectivity index (χ3n) is 5.17. The Hall–Kier alpha value is -2.90. The molecule has 0 aliphatic rings. The molecule has 1 aromatic rings. The van der Waals surface area contributed by atoms with Crippen LogP contribution in [0.25, 0.3) is 0 Å². The fraction of sp³-hybridized carbons (Fsp3) is 0.643. The Bertz CT molecular complexity index is 813. The lowest BCUT2D eigenvalue weighted by atomic mass is 9.97. The Kier molecular flexibility index (Phi) is 16.1. The number of ether oxygens (including phenoxy) is 1. The summed E-state index contributed by atoms with van der Waals surface area (Å²) in [7, 11) is 0. The molecule has 0 spiro atoms. The Morgan fingerprint density at radius 3 is 2.06 bits per heavy atom. The number of carbonyl (C=O) groups is 4. The third kappa shape index (κ3) is 13.9. The highest BCUT2D eigenvalue weighted by molar-refractivity contribution is 5.96. The predicted octanol–water partition coefficient (Wildman–Crippen LogP) is 4.97. The number of esters is 1. The van der Waals surface area contributed by atoms with Gasteiger partial charge >= 0.3 is 5.97 Å². The van der Waals surface area contributed by atoms with E-state index in [1.807, 2.05) is 27.7 Å². The highest BCUT2D eigenvalue weighted by Gasteiger charge is 2.24. The molecule has 0 saturated carbocycles. The van der Waals surface area contributed by atoms with Crippen LogP contribution in [0.4, 0.5) is 5.69 Å². The zero-order chi connectivity index (χ0) is 27.7. The highest BCUT2D eigenvalue weighted by Crippen LogP contribution is 2.17. The van der Waals surface area contributed by atoms with Gasteiger partial charge in [-0.25, -0.2) is 0 Å². The van der Waals surface area contributed by atoms with Crippen molar-refractivity contribution >= 4 is 29.4 Å². The van der Waals surface area contributed by atoms with Crippen molar-refractivity contribution in [3.8, 4) is 0 Å². The molecule has 3 amide bonds. The van der Waals surface area contributed by atoms with Crippen LogP contribution >= 0.6 is 0 Å². The average molecular weight is 506 g/mol. The Morgan fingerprint density at radius 1 is 0.917 bits per heavy atom. The van der Waals surface area contributed by atoms with Crippen molar-refractivity contribution in [3.05, 3.63) is 29.8 Å². The number of anilines is 1. The number of carbonyl (C=O) groups excluding carboxylic acids is 4. The number of unbranched alkanes of at least 4 members (excludes halogenated alkanes) is 3. The molecule has 8 nitrogen and oxygen atoms in total. The van der Waals surface area contributed by atoms with Crippen molar-refractivity contribution < 1.29 is 23.9 Å². The Morgan fingerprint density at radius 2 is 1.53 bits per heavy atom. The SMILES string of the molecule is CC.CCCCCCC(=O)NC(C(=O)NCC(=O)Nc1ccc(COC(=O)C(C)(C)C)cc1)C(C)C. The van der Waals surface area contributed by atoms with Crippen LogP contribution in [-0.2, 0) is 30.5 Å². The molecule has 36 heavy (non-hydrogen) atoms. The van der Waals surface area contributed by atoms with E-state index in [2.05, 4.69) is 22.9 Å². The quantitative estimate of drug-likeness (QED) is 0.259. The molecule has 1 atom stereocenters. The lowest BCUT2D eigenvalue weighted by Crippen LogP contribution is -2.51. The van der Waals surface area contributed by atoms with Crippen LogP contribution in [0.1, 0.15) is 93.1 Å². The van der Waals surface area contributed by atoms with Crippen molar-refractivity contribution in [2.75, 3.05) is 11.9 Å². The van der Waals surface area contributed by atoms with Crippen LogP contribution in [-0.4, -0.2) is 36.3 Å². The lowest BCUT2D eigenvalue weighted by Gasteiger charge is -2.21. The van der Waals surface area contributed by atoms with Gasteiger partial charge in [0.1, 0.15) is 12.6 Å². The molecule has 1 aromatic carbocycles. The fourth-order valence-electron chi connectivity index (χ4n) is 3.03. The number of rotatable bonds is 13. The summed E-state index contributed by atoms with van der Waals surface area (Å²) < 4.78 is 5.28. The van der Waals surface area contributed by atoms with E-state index in [9.17, 15) is 19.2 Å². The zero-order valence-electron chi connectivity index (χ0n) is 23.5. The lowest BCUT2D eigenvalue weighted by molar-refractivity contribution is -0.154. The summed E-state index contributed by atoms with van der Waals surface area (Å²) in [5.41, 5.74) is 0.796. The van der Waals surface area contributed by atoms with E-state index in [4.69, 9.17) is 4.74 Å². The molecule has 0 aliphatic carbocycles. The van der Waals surface area contributed by atoms with E-state index in [0.29, 0.717) is 12.1 Å². The van der Waals surface area contributed by atoms with Gasteiger partial charge in [-0.15, -0.1) is 0 Å². The van der Waals surface area contributed by atoms with Crippen LogP contribution in [0.2, 0.25) is 0 Å². The molecule has 0 aromatic heterocycles. The molecule has 1 rings (SSSR count). The second-order valence-electron chi connectivity index (χ2n) is 9.89. The fourth-order valence-corrected chi connectivity index (χ4v) is 3.03. The van der Waals surface area contributed by atoms with Crippen molar-refractivity contribution in [1.29, 1.82) is 0 Å². The molecule has 204 valence electrons. The maximum atomic E-state index is 12.5. The Balaban J connectivity index is 0.00000596. The number of amides is 3. The maximum Gasteiger partial charge on any atom is 0.311 e. The van der Waals surface area contributed by atoms with E-state index >= 15 is 0 Å². The largest absolute Gasteiger partial charge is 0.460 e. The van der Waals surface area contributed by atoms with Gasteiger partial charge in [0.2, 0.25) is 17.7 Å². The van der Waals surface area contributed by atoms with E-state index in [0.717, 1.165) is 31.2 Å². The summed E-state index contributed by atoms with van der Waals surface area (Å²) in [6, 6.07) is 6.23. The topological polar surface area (TPSA) is 114 Å². The van der Waals surface area contributed by atoms with Gasteiger partial charge in [-0.3, -0.25) is 19.2 Å². The van der Waals surface area contributed by atoms with Gasteiger partial charge in [-0.1, -0.05) is 66.0 Å². The molecular formula is C28H47N3O5. The number of benzene rings is 1. The van der Waals surface area contributed by atoms with Crippen molar-refractivity contribution in [1.82, 2.24) is 10.6 Å². The van der Waals surface area contributed by atoms with Crippen LogP contribution in [0.15, 0.2) is 24.3 Å². The summed E-state index contributed by atoms with van der Waals surface area (Å²) in [5, 5.41) is 8.10. The van der Waals surface area contributed by atoms with Gasteiger partial charge in [0.25, 0.3) is 0 Å². The van der Waals surface area contributed by atoms with Crippen LogP contribution in [0, 0.1) is 11.3 Å². The van der Waals surface area contributed by atoms with Crippen LogP contribution in [0.5, 0.6) is 0 Å². The standard InChI is InChI=1S/C26H41N3O5.C2H6/c1-7-8-9-10-11-21(30)29-23(18(2)3)24(32)27-16-22(31)28-20-14-12-19(13-15-20)17-34-25(33)26(4,5)6;1-2/h12-15,18,23H,7-11,16-17H2,1-6H3,(H,27,32)(H,28,31)(H,29,30);1-2H3. The third-order valence-corrected chi connectivity index (χ3v) is 5.17. The minimum absolute atomic E-state index is 0.109. The first-order valence-corrected chi connectivity index (χ1v) is 13.1. The van der Waals surface area contributed by atoms with E-state index in [1.165, 1.54) is 0 Å². The average Bonchev–Trinajstić information content (AvgIpc) is 2.83. The summed E-state index contributed by atoms with van der Waals surface area (Å²) in [5.74, 6) is -1.31. The van der Waals surface area contributed by atoms with Gasteiger partial charge < -0.3 is 20.7 Å². The molecule has 0 saturated heterocycles. The first-order valence-electron chi connectivity index (χ1n) is 13.1. The molecule has 3 N–H and O–H groups in total. The summed E-state index contributed by atoms with van der Waals surface area (Å²) in [6.45, 7) is 15.1. The molecule has 0 fully saturated rings. The van der Waals surface area contributed by atoms with Crippen LogP contribution < -0.4 is 16.0 Å². The van der Waals surface area contributed by atoms with Gasteiger partial charge in [-0.2, -0.15) is 0 Å². The summed E-state index contributed by atoms with van der Waals surface area (Å²) >= 11 is 0. The first kappa shape index (κ1) is 33.1. The molecule has 0 radical (unpaired) electrons. The van der Waals surface area contributed by atoms with Crippen molar-refractivity contribution in [3.63, 3.8) is 0 Å². The second kappa shape index (κ2) is 17.5. The van der Waals surface area contributed by atoms with Gasteiger partial charge in [0.15, 0.2) is 0 Å². The van der Waals surface area contributed by atoms with E-state index in [-0.39, 0.29) is 42.8 Å². The van der Waals surface area contributed by atoms with Gasteiger partial charge in [0.05, 0.1) is 12.0 Å². The zero-order valence-corrected chi connectivity index (χ0v) is 23.5. The van der Waals surface area contributed by atoms with Crippen molar-refractivity contribution in [2.45, 2.75) is 100 Å². The van der Waals surface area contributed by atoms with E-state index in [1.54, 1.807) is 45.0 Å². The first-order chi connectivity index (χ1) is 16.9. The summed E-state index contributed by atoms with van der Waals surface area (Å²) in [6.07, 6.45) is 4.36. The number of hydrogen-bond donors (Lipinski definition) is 3. The molecular weight excluding hydrogens is 458 g/mol. The minimum Gasteiger partial charge on any atom is -0.460 e. The predicted molar refractivity (Wildman–Crippen MR) is 144 cm³/mol. The maximum absolute atomic E-state index is 12.5. The number of hydrogen-bond acceptors (Lipinski definition) is 5. The molecule has 8 heteroatoms. The van der Waals surface area contributed by atoms with Gasteiger partial charge in [-0.05, 0) is 50.8 Å². The molecule has 1 unspecified atom stereocenters. The van der Waals surface area contributed by atoms with Gasteiger partial charge in [0, 0.05) is 12.1 Å². The molecule has 0 aliphatic heterocycles. The smallest absolute Gasteiger partial charge is 0.311 e. The number of nitrogens with one attached hydrogen (secondary N) is 3.